The summed E-state index contributed by atoms with van der Waals surface area (Å²) in [7, 11) is 3.16. The molecule has 2 aromatic carbocycles. The lowest BCUT2D eigenvalue weighted by molar-refractivity contribution is -0.121. The van der Waals surface area contributed by atoms with E-state index in [0.29, 0.717) is 62.7 Å². The molecule has 4 N–H and O–H groups in total. The van der Waals surface area contributed by atoms with Gasteiger partial charge in [0.2, 0.25) is 5.91 Å². The van der Waals surface area contributed by atoms with Gasteiger partial charge in [0.1, 0.15) is 5.82 Å². The van der Waals surface area contributed by atoms with Crippen LogP contribution in [0.4, 0.5) is 9.18 Å². The first kappa shape index (κ1) is 30.3. The van der Waals surface area contributed by atoms with Gasteiger partial charge in [0.15, 0.2) is 0 Å². The molecule has 2 aromatic rings. The topological polar surface area (TPSA) is 99.7 Å². The highest BCUT2D eigenvalue weighted by Crippen LogP contribution is 2.40. The predicted molar refractivity (Wildman–Crippen MR) is 145 cm³/mol. The highest BCUT2D eigenvalue weighted by Gasteiger charge is 2.32. The lowest BCUT2D eigenvalue weighted by Gasteiger charge is -2.31. The molecule has 0 saturated heterocycles. The van der Waals surface area contributed by atoms with E-state index < -0.39 is 11.7 Å². The Morgan fingerprint density at radius 2 is 1.70 bits per heavy atom. The minimum atomic E-state index is -1.31. The Balaban J connectivity index is 2.19. The summed E-state index contributed by atoms with van der Waals surface area (Å²) in [5, 5.41) is 20.5. The van der Waals surface area contributed by atoms with Gasteiger partial charge in [-0.1, -0.05) is 43.3 Å². The van der Waals surface area contributed by atoms with E-state index >= 15 is 4.39 Å². The summed E-state index contributed by atoms with van der Waals surface area (Å²) < 4.78 is 19.9. The Labute approximate surface area is 220 Å². The predicted octanol–water partition coefficient (Wildman–Crippen LogP) is 4.67. The largest absolute Gasteiger partial charge is 0.453 e. The first-order valence-electron chi connectivity index (χ1n) is 13.2. The van der Waals surface area contributed by atoms with Crippen molar-refractivity contribution in [2.45, 2.75) is 63.9 Å². The Morgan fingerprint density at radius 3 is 2.43 bits per heavy atom. The van der Waals surface area contributed by atoms with Crippen LogP contribution in [0.3, 0.4) is 0 Å². The van der Waals surface area contributed by atoms with Crippen LogP contribution in [-0.2, 0) is 21.6 Å². The lowest BCUT2D eigenvalue weighted by atomic mass is 9.80. The van der Waals surface area contributed by atoms with E-state index in [2.05, 4.69) is 20.7 Å². The maximum atomic E-state index is 15.3. The van der Waals surface area contributed by atoms with Crippen molar-refractivity contribution in [3.8, 4) is 11.1 Å². The van der Waals surface area contributed by atoms with Crippen LogP contribution >= 0.6 is 0 Å². The van der Waals surface area contributed by atoms with Gasteiger partial charge in [-0.2, -0.15) is 0 Å². The second-order valence-electron chi connectivity index (χ2n) is 9.28. The highest BCUT2D eigenvalue weighted by molar-refractivity contribution is 5.75. The van der Waals surface area contributed by atoms with Crippen LogP contribution in [0.25, 0.3) is 11.1 Å². The number of rotatable bonds is 16. The van der Waals surface area contributed by atoms with E-state index in [9.17, 15) is 14.7 Å². The summed E-state index contributed by atoms with van der Waals surface area (Å²) in [5.41, 5.74) is 1.44. The number of ether oxygens (including phenoxy) is 1. The molecule has 0 aliphatic heterocycles. The maximum Gasteiger partial charge on any atom is 0.406 e. The van der Waals surface area contributed by atoms with E-state index in [1.54, 1.807) is 12.1 Å². The Kier molecular flexibility index (Phi) is 13.1. The van der Waals surface area contributed by atoms with Gasteiger partial charge in [0, 0.05) is 25.1 Å². The van der Waals surface area contributed by atoms with Crippen LogP contribution in [0.2, 0.25) is 0 Å². The number of alkyl carbamates (subject to hydrolysis) is 1. The fraction of sp³-hybridized carbons (Fsp3) is 0.517. The van der Waals surface area contributed by atoms with Crippen LogP contribution in [0.15, 0.2) is 42.5 Å². The number of hydrogen-bond donors (Lipinski definition) is 4. The van der Waals surface area contributed by atoms with Crippen molar-refractivity contribution in [3.05, 3.63) is 59.4 Å². The van der Waals surface area contributed by atoms with Gasteiger partial charge in [-0.05, 0) is 81.3 Å². The van der Waals surface area contributed by atoms with Crippen molar-refractivity contribution < 1.29 is 23.8 Å². The molecule has 2 rings (SSSR count). The van der Waals surface area contributed by atoms with E-state index in [4.69, 9.17) is 0 Å². The number of unbranched alkanes of at least 4 members (excludes halogenated alkanes) is 1. The summed E-state index contributed by atoms with van der Waals surface area (Å²) in [4.78, 5) is 23.4. The number of nitrogens with one attached hydrogen (secondary N) is 3. The second-order valence-corrected chi connectivity index (χ2v) is 9.28. The molecule has 0 aliphatic rings. The average molecular weight is 516 g/mol. The third kappa shape index (κ3) is 9.78. The van der Waals surface area contributed by atoms with Crippen molar-refractivity contribution in [1.82, 2.24) is 16.0 Å². The van der Waals surface area contributed by atoms with Crippen LogP contribution in [0.1, 0.15) is 63.0 Å². The molecule has 8 heteroatoms. The van der Waals surface area contributed by atoms with Crippen molar-refractivity contribution in [1.29, 1.82) is 0 Å². The van der Waals surface area contributed by atoms with Crippen molar-refractivity contribution in [3.63, 3.8) is 0 Å². The van der Waals surface area contributed by atoms with Gasteiger partial charge >= 0.3 is 6.09 Å². The number of halogens is 1. The standard InChI is InChI=1S/C29H42FN3O4/c1-4-22-11-7-12-23(21-22)27-24(13-8-14-25(27)30)29(36,17-10-20-33-28(35)37-3)16-5-6-19-32-26(34)15-9-18-31-2/h7-8,11-14,21,31,36H,4-6,9-10,15-20H2,1-3H3,(H,32,34)(H,33,35). The normalized spacial score (nSPS) is 12.6. The third-order valence-electron chi connectivity index (χ3n) is 6.53. The zero-order chi connectivity index (χ0) is 27.1. The average Bonchev–Trinajstić information content (AvgIpc) is 2.90. The summed E-state index contributed by atoms with van der Waals surface area (Å²) >= 11 is 0. The molecule has 0 radical (unpaired) electrons. The molecule has 7 nitrogen and oxygen atoms in total. The van der Waals surface area contributed by atoms with Gasteiger partial charge in [-0.15, -0.1) is 0 Å². The molecular formula is C29H42FN3O4. The molecule has 0 spiro atoms. The fourth-order valence-corrected chi connectivity index (χ4v) is 4.47. The molecule has 1 unspecified atom stereocenters. The lowest BCUT2D eigenvalue weighted by Crippen LogP contribution is -2.31. The molecule has 0 saturated carbocycles. The Morgan fingerprint density at radius 1 is 0.973 bits per heavy atom. The SMILES string of the molecule is CCc1cccc(-c2c(F)cccc2C(O)(CCCCNC(=O)CCCNC)CCCNC(=O)OC)c1. The van der Waals surface area contributed by atoms with Gasteiger partial charge in [0.05, 0.1) is 12.7 Å². The van der Waals surface area contributed by atoms with E-state index in [0.717, 1.165) is 30.5 Å². The molecule has 1 atom stereocenters. The van der Waals surface area contributed by atoms with Crippen LogP contribution in [-0.4, -0.2) is 50.9 Å². The minimum absolute atomic E-state index is 0.0163. The Hall–Kier alpha value is -2.97. The molecular weight excluding hydrogens is 473 g/mol. The zero-order valence-corrected chi connectivity index (χ0v) is 22.4. The zero-order valence-electron chi connectivity index (χ0n) is 22.4. The molecule has 0 fully saturated rings. The van der Waals surface area contributed by atoms with Crippen molar-refractivity contribution in [2.75, 3.05) is 33.8 Å². The van der Waals surface area contributed by atoms with E-state index in [1.165, 1.54) is 13.2 Å². The molecule has 0 aromatic heterocycles. The number of carbonyl (C=O) groups is 2. The molecule has 0 bridgehead atoms. The minimum Gasteiger partial charge on any atom is -0.453 e. The van der Waals surface area contributed by atoms with E-state index in [-0.39, 0.29) is 11.7 Å². The van der Waals surface area contributed by atoms with Gasteiger partial charge in [-0.3, -0.25) is 4.79 Å². The highest BCUT2D eigenvalue weighted by atomic mass is 19.1. The molecule has 2 amide bonds. The Bertz CT molecular complexity index is 1000. The quantitative estimate of drug-likeness (QED) is 0.244. The van der Waals surface area contributed by atoms with Gasteiger partial charge in [-0.25, -0.2) is 9.18 Å². The summed E-state index contributed by atoms with van der Waals surface area (Å²) in [6, 6.07) is 12.6. The maximum absolute atomic E-state index is 15.3. The molecule has 0 aliphatic carbocycles. The summed E-state index contributed by atoms with van der Waals surface area (Å²) in [5.74, 6) is -0.367. The van der Waals surface area contributed by atoms with Crippen molar-refractivity contribution in [2.24, 2.45) is 0 Å². The van der Waals surface area contributed by atoms with Crippen molar-refractivity contribution >= 4 is 12.0 Å². The molecule has 0 heterocycles. The van der Waals surface area contributed by atoms with Gasteiger partial charge in [0.25, 0.3) is 0 Å². The number of methoxy groups -OCH3 is 1. The number of aliphatic hydroxyl groups is 1. The number of amides is 2. The molecule has 37 heavy (non-hydrogen) atoms. The number of hydrogen-bond acceptors (Lipinski definition) is 5. The summed E-state index contributed by atoms with van der Waals surface area (Å²) in [6.07, 6.45) is 4.09. The first-order valence-corrected chi connectivity index (χ1v) is 13.2. The van der Waals surface area contributed by atoms with Crippen LogP contribution in [0, 0.1) is 5.82 Å². The first-order chi connectivity index (χ1) is 17.8. The molecule has 204 valence electrons. The van der Waals surface area contributed by atoms with Gasteiger partial charge < -0.3 is 25.8 Å². The second kappa shape index (κ2) is 16.0. The van der Waals surface area contributed by atoms with E-state index in [1.807, 2.05) is 38.2 Å². The fourth-order valence-electron chi connectivity index (χ4n) is 4.47. The number of benzene rings is 2. The third-order valence-corrected chi connectivity index (χ3v) is 6.53. The summed E-state index contributed by atoms with van der Waals surface area (Å²) in [6.45, 7) is 3.69. The van der Waals surface area contributed by atoms with Crippen LogP contribution in [0.5, 0.6) is 0 Å². The van der Waals surface area contributed by atoms with Crippen LogP contribution < -0.4 is 16.0 Å². The monoisotopic (exact) mass is 515 g/mol. The number of aryl methyl sites for hydroxylation is 1. The number of carbonyl (C=O) groups excluding carboxylic acids is 2. The smallest absolute Gasteiger partial charge is 0.406 e.